The van der Waals surface area contributed by atoms with Crippen molar-refractivity contribution in [1.29, 1.82) is 0 Å². The maximum absolute atomic E-state index is 11.3. The van der Waals surface area contributed by atoms with E-state index in [-0.39, 0.29) is 0 Å². The van der Waals surface area contributed by atoms with Crippen molar-refractivity contribution in [3.8, 4) is 0 Å². The molecule has 0 N–H and O–H groups in total. The minimum Gasteiger partial charge on any atom is -0.462 e. The Hall–Kier alpha value is -1.32. The molecular weight excluding hydrogens is 170 g/mol. The highest BCUT2D eigenvalue weighted by Crippen LogP contribution is 1.97. The monoisotopic (exact) mass is 185 g/mol. The molecule has 4 nitrogen and oxygen atoms in total. The third kappa shape index (κ3) is 3.73. The van der Waals surface area contributed by atoms with Gasteiger partial charge in [-0.2, -0.15) is 0 Å². The van der Waals surface area contributed by atoms with Crippen LogP contribution in [0.25, 0.3) is 0 Å². The topological polar surface area (TPSA) is 46.6 Å². The summed E-state index contributed by atoms with van der Waals surface area (Å²) in [5.74, 6) is -1.45. The summed E-state index contributed by atoms with van der Waals surface area (Å²) in [6.45, 7) is 8.12. The second-order valence-electron chi connectivity index (χ2n) is 2.77. The van der Waals surface area contributed by atoms with Crippen LogP contribution in [0.1, 0.15) is 13.8 Å². The number of carbonyl (C=O) groups excluding carboxylic acids is 2. The molecule has 0 rings (SSSR count). The quantitative estimate of drug-likeness (QED) is 0.367. The molecule has 0 atom stereocenters. The Balaban J connectivity index is 4.31. The van der Waals surface area contributed by atoms with Gasteiger partial charge in [0.1, 0.15) is 0 Å². The molecule has 0 unspecified atom stereocenters. The van der Waals surface area contributed by atoms with Crippen molar-refractivity contribution in [2.45, 2.75) is 13.8 Å². The molecule has 0 aromatic carbocycles. The Kier molecular flexibility index (Phi) is 4.80. The maximum atomic E-state index is 11.3. The van der Waals surface area contributed by atoms with Gasteiger partial charge in [-0.15, -0.1) is 0 Å². The zero-order valence-electron chi connectivity index (χ0n) is 8.29. The van der Waals surface area contributed by atoms with E-state index in [1.807, 2.05) is 0 Å². The SMILES string of the molecule is C=C(C)CN(CC)C(=O)C(=O)OC. The lowest BCUT2D eigenvalue weighted by Gasteiger charge is -2.18. The van der Waals surface area contributed by atoms with Crippen molar-refractivity contribution in [3.05, 3.63) is 12.2 Å². The normalized spacial score (nSPS) is 9.15. The third-order valence-electron chi connectivity index (χ3n) is 1.49. The number of ether oxygens (including phenoxy) is 1. The molecule has 0 radical (unpaired) electrons. The van der Waals surface area contributed by atoms with Gasteiger partial charge < -0.3 is 9.64 Å². The molecule has 0 aliphatic rings. The van der Waals surface area contributed by atoms with Gasteiger partial charge in [0, 0.05) is 13.1 Å². The standard InChI is InChI=1S/C9H15NO3/c1-5-10(6-7(2)3)8(11)9(12)13-4/h2,5-6H2,1,3-4H3. The van der Waals surface area contributed by atoms with Crippen LogP contribution in [0.2, 0.25) is 0 Å². The zero-order valence-corrected chi connectivity index (χ0v) is 8.29. The van der Waals surface area contributed by atoms with Crippen LogP contribution in [-0.4, -0.2) is 37.0 Å². The van der Waals surface area contributed by atoms with Crippen LogP contribution in [-0.2, 0) is 14.3 Å². The first-order chi connectivity index (χ1) is 6.02. The van der Waals surface area contributed by atoms with Crippen molar-refractivity contribution in [1.82, 2.24) is 4.90 Å². The molecule has 0 aliphatic heterocycles. The minimum absolute atomic E-state index is 0.393. The van der Waals surface area contributed by atoms with Crippen LogP contribution in [0.3, 0.4) is 0 Å². The number of amides is 1. The molecule has 0 heterocycles. The molecule has 0 aromatic rings. The van der Waals surface area contributed by atoms with E-state index >= 15 is 0 Å². The van der Waals surface area contributed by atoms with Crippen molar-refractivity contribution < 1.29 is 14.3 Å². The maximum Gasteiger partial charge on any atom is 0.396 e. The van der Waals surface area contributed by atoms with Gasteiger partial charge in [0.15, 0.2) is 0 Å². The summed E-state index contributed by atoms with van der Waals surface area (Å²) >= 11 is 0. The summed E-state index contributed by atoms with van der Waals surface area (Å²) in [6.07, 6.45) is 0. The van der Waals surface area contributed by atoms with E-state index in [1.165, 1.54) is 12.0 Å². The number of methoxy groups -OCH3 is 1. The second-order valence-corrected chi connectivity index (χ2v) is 2.77. The Morgan fingerprint density at radius 3 is 2.31 bits per heavy atom. The summed E-state index contributed by atoms with van der Waals surface area (Å²) < 4.78 is 4.32. The van der Waals surface area contributed by atoms with Gasteiger partial charge in [-0.1, -0.05) is 12.2 Å². The number of carbonyl (C=O) groups is 2. The number of likely N-dealkylation sites (N-methyl/N-ethyl adjacent to an activating group) is 1. The van der Waals surface area contributed by atoms with Gasteiger partial charge in [-0.25, -0.2) is 4.79 Å². The first kappa shape index (κ1) is 11.7. The average Bonchev–Trinajstić information content (AvgIpc) is 2.11. The third-order valence-corrected chi connectivity index (χ3v) is 1.49. The highest BCUT2D eigenvalue weighted by molar-refractivity contribution is 6.32. The first-order valence-corrected chi connectivity index (χ1v) is 4.04. The van der Waals surface area contributed by atoms with E-state index in [2.05, 4.69) is 11.3 Å². The molecular formula is C9H15NO3. The number of esters is 1. The van der Waals surface area contributed by atoms with Crippen molar-refractivity contribution in [3.63, 3.8) is 0 Å². The fourth-order valence-corrected chi connectivity index (χ4v) is 0.869. The van der Waals surface area contributed by atoms with Gasteiger partial charge in [-0.3, -0.25) is 4.79 Å². The molecule has 74 valence electrons. The molecule has 0 bridgehead atoms. The summed E-state index contributed by atoms with van der Waals surface area (Å²) in [4.78, 5) is 23.5. The Morgan fingerprint density at radius 1 is 1.46 bits per heavy atom. The minimum atomic E-state index is -0.830. The van der Waals surface area contributed by atoms with E-state index in [0.717, 1.165) is 5.57 Å². The first-order valence-electron chi connectivity index (χ1n) is 4.04. The summed E-state index contributed by atoms with van der Waals surface area (Å²) in [7, 11) is 1.19. The number of hydrogen-bond acceptors (Lipinski definition) is 3. The van der Waals surface area contributed by atoms with E-state index in [9.17, 15) is 9.59 Å². The predicted molar refractivity (Wildman–Crippen MR) is 49.1 cm³/mol. The second kappa shape index (κ2) is 5.35. The molecule has 0 aromatic heterocycles. The number of nitrogens with zero attached hydrogens (tertiary/aromatic N) is 1. The van der Waals surface area contributed by atoms with Crippen LogP contribution < -0.4 is 0 Å². The van der Waals surface area contributed by atoms with Gasteiger partial charge in [0.25, 0.3) is 0 Å². The molecule has 1 amide bonds. The molecule has 0 fully saturated rings. The zero-order chi connectivity index (χ0) is 10.4. The van der Waals surface area contributed by atoms with Crippen molar-refractivity contribution in [2.24, 2.45) is 0 Å². The largest absolute Gasteiger partial charge is 0.462 e. The van der Waals surface area contributed by atoms with Gasteiger partial charge in [0.05, 0.1) is 7.11 Å². The van der Waals surface area contributed by atoms with Gasteiger partial charge in [-0.05, 0) is 13.8 Å². The molecule has 4 heteroatoms. The number of rotatable bonds is 3. The lowest BCUT2D eigenvalue weighted by atomic mass is 10.3. The van der Waals surface area contributed by atoms with Crippen LogP contribution in [0, 0.1) is 0 Å². The fourth-order valence-electron chi connectivity index (χ4n) is 0.869. The molecule has 13 heavy (non-hydrogen) atoms. The van der Waals surface area contributed by atoms with E-state index in [1.54, 1.807) is 13.8 Å². The molecule has 0 saturated heterocycles. The Morgan fingerprint density at radius 2 is 2.00 bits per heavy atom. The number of hydrogen-bond donors (Lipinski definition) is 0. The lowest BCUT2D eigenvalue weighted by molar-refractivity contribution is -0.157. The lowest BCUT2D eigenvalue weighted by Crippen LogP contribution is -2.38. The summed E-state index contributed by atoms with van der Waals surface area (Å²) in [5, 5.41) is 0. The van der Waals surface area contributed by atoms with Gasteiger partial charge in [0.2, 0.25) is 0 Å². The van der Waals surface area contributed by atoms with Crippen LogP contribution >= 0.6 is 0 Å². The smallest absolute Gasteiger partial charge is 0.396 e. The Bertz CT molecular complexity index is 223. The van der Waals surface area contributed by atoms with Crippen LogP contribution in [0.5, 0.6) is 0 Å². The van der Waals surface area contributed by atoms with E-state index < -0.39 is 11.9 Å². The van der Waals surface area contributed by atoms with E-state index in [0.29, 0.717) is 13.1 Å². The Labute approximate surface area is 78.2 Å². The fraction of sp³-hybridized carbons (Fsp3) is 0.556. The summed E-state index contributed by atoms with van der Waals surface area (Å²) in [5.41, 5.74) is 0.833. The van der Waals surface area contributed by atoms with Crippen molar-refractivity contribution >= 4 is 11.9 Å². The van der Waals surface area contributed by atoms with E-state index in [4.69, 9.17) is 0 Å². The molecule has 0 aliphatic carbocycles. The van der Waals surface area contributed by atoms with Crippen LogP contribution in [0.4, 0.5) is 0 Å². The highest BCUT2D eigenvalue weighted by atomic mass is 16.5. The molecule has 0 spiro atoms. The van der Waals surface area contributed by atoms with Gasteiger partial charge >= 0.3 is 11.9 Å². The average molecular weight is 185 g/mol. The van der Waals surface area contributed by atoms with Crippen LogP contribution in [0.15, 0.2) is 12.2 Å². The molecule has 0 saturated carbocycles. The highest BCUT2D eigenvalue weighted by Gasteiger charge is 2.20. The van der Waals surface area contributed by atoms with Crippen molar-refractivity contribution in [2.75, 3.05) is 20.2 Å². The predicted octanol–water partition coefficient (Wildman–Crippen LogP) is 0.584. The summed E-state index contributed by atoms with van der Waals surface area (Å²) in [6, 6.07) is 0.